The minimum Gasteiger partial charge on any atom is -0.463 e. The van der Waals surface area contributed by atoms with Gasteiger partial charge < -0.3 is 4.74 Å². The van der Waals surface area contributed by atoms with Crippen LogP contribution in [0.2, 0.25) is 0 Å². The van der Waals surface area contributed by atoms with Crippen LogP contribution in [-0.2, 0) is 14.3 Å². The zero-order valence-corrected chi connectivity index (χ0v) is 22.0. The van der Waals surface area contributed by atoms with Gasteiger partial charge >= 0.3 is 5.97 Å². The van der Waals surface area contributed by atoms with E-state index < -0.39 is 0 Å². The monoisotopic (exact) mass is 454 g/mol. The van der Waals surface area contributed by atoms with Gasteiger partial charge in [0.1, 0.15) is 6.10 Å². The molecule has 33 heavy (non-hydrogen) atoms. The summed E-state index contributed by atoms with van der Waals surface area (Å²) < 4.78 is 5.53. The number of ketones is 1. The van der Waals surface area contributed by atoms with Gasteiger partial charge in [-0.1, -0.05) is 59.3 Å². The average Bonchev–Trinajstić information content (AvgIpc) is 3.10. The Labute approximate surface area is 201 Å². The Balaban J connectivity index is 1.56. The Bertz CT molecular complexity index is 837. The molecule has 0 aromatic heterocycles. The summed E-state index contributed by atoms with van der Waals surface area (Å²) in [6.07, 6.45) is 14.5. The second-order valence-electron chi connectivity index (χ2n) is 12.8. The Morgan fingerprint density at radius 3 is 2.30 bits per heavy atom. The minimum absolute atomic E-state index is 0.00489. The molecule has 0 spiro atoms. The highest BCUT2D eigenvalue weighted by Gasteiger charge is 2.59. The van der Waals surface area contributed by atoms with Gasteiger partial charge in [-0.3, -0.25) is 9.59 Å². The van der Waals surface area contributed by atoms with E-state index in [2.05, 4.69) is 59.8 Å². The molecule has 9 atom stereocenters. The SMILES string of the molecule is CC(=O)O[C@H]1CC[C@@]2(C)[C@@H](C1)C(=O)C=C1[C@H]3CC[C@H]([C@H](C)/C=C/[C@H](C)C(C)C)[C@@]3(C)CC[C@@H]12. The number of rotatable bonds is 5. The van der Waals surface area contributed by atoms with Crippen LogP contribution in [0.1, 0.15) is 93.4 Å². The fraction of sp³-hybridized carbons (Fsp3) is 0.800. The van der Waals surface area contributed by atoms with Gasteiger partial charge in [0.15, 0.2) is 5.78 Å². The topological polar surface area (TPSA) is 43.4 Å². The molecule has 0 aromatic carbocycles. The first kappa shape index (κ1) is 24.7. The molecule has 0 N–H and O–H groups in total. The second kappa shape index (κ2) is 9.00. The van der Waals surface area contributed by atoms with Crippen molar-refractivity contribution in [1.29, 1.82) is 0 Å². The highest BCUT2D eigenvalue weighted by atomic mass is 16.5. The fourth-order valence-corrected chi connectivity index (χ4v) is 8.28. The van der Waals surface area contributed by atoms with Gasteiger partial charge in [-0.15, -0.1) is 0 Å². The van der Waals surface area contributed by atoms with Crippen molar-refractivity contribution in [2.24, 2.45) is 52.3 Å². The Hall–Kier alpha value is -1.38. The van der Waals surface area contributed by atoms with Gasteiger partial charge in [-0.05, 0) is 97.4 Å². The summed E-state index contributed by atoms with van der Waals surface area (Å²) in [5, 5.41) is 0. The largest absolute Gasteiger partial charge is 0.463 e. The van der Waals surface area contributed by atoms with Crippen molar-refractivity contribution >= 4 is 11.8 Å². The first-order valence-electron chi connectivity index (χ1n) is 13.6. The number of esters is 1. The molecule has 0 aromatic rings. The van der Waals surface area contributed by atoms with Crippen LogP contribution in [0, 0.1) is 52.3 Å². The van der Waals surface area contributed by atoms with E-state index in [0.717, 1.165) is 12.8 Å². The lowest BCUT2D eigenvalue weighted by Gasteiger charge is -2.57. The molecule has 3 heteroatoms. The Kier molecular flexibility index (Phi) is 6.75. The number of hydrogen-bond acceptors (Lipinski definition) is 3. The van der Waals surface area contributed by atoms with E-state index in [1.165, 1.54) is 38.2 Å². The third-order valence-electron chi connectivity index (χ3n) is 10.7. The first-order valence-corrected chi connectivity index (χ1v) is 13.6. The van der Waals surface area contributed by atoms with Crippen LogP contribution in [0.5, 0.6) is 0 Å². The van der Waals surface area contributed by atoms with Gasteiger partial charge in [0.05, 0.1) is 0 Å². The predicted molar refractivity (Wildman–Crippen MR) is 133 cm³/mol. The van der Waals surface area contributed by atoms with E-state index >= 15 is 0 Å². The van der Waals surface area contributed by atoms with Crippen molar-refractivity contribution in [3.05, 3.63) is 23.8 Å². The van der Waals surface area contributed by atoms with E-state index in [9.17, 15) is 9.59 Å². The quantitative estimate of drug-likeness (QED) is 0.327. The lowest BCUT2D eigenvalue weighted by atomic mass is 9.47. The molecule has 4 aliphatic carbocycles. The molecule has 3 fully saturated rings. The molecule has 4 rings (SSSR count). The summed E-state index contributed by atoms with van der Waals surface area (Å²) in [4.78, 5) is 24.9. The summed E-state index contributed by atoms with van der Waals surface area (Å²) in [5.74, 6) is 3.72. The van der Waals surface area contributed by atoms with Crippen LogP contribution in [-0.4, -0.2) is 17.9 Å². The van der Waals surface area contributed by atoms with Crippen LogP contribution >= 0.6 is 0 Å². The van der Waals surface area contributed by atoms with Gasteiger partial charge in [-0.2, -0.15) is 0 Å². The van der Waals surface area contributed by atoms with Gasteiger partial charge in [-0.25, -0.2) is 0 Å². The van der Waals surface area contributed by atoms with Crippen molar-refractivity contribution in [2.75, 3.05) is 0 Å². The lowest BCUT2D eigenvalue weighted by Crippen LogP contribution is -2.52. The lowest BCUT2D eigenvalue weighted by molar-refractivity contribution is -0.155. The number of fused-ring (bicyclic) bond motifs is 5. The zero-order valence-electron chi connectivity index (χ0n) is 22.0. The molecule has 4 aliphatic rings. The van der Waals surface area contributed by atoms with Crippen molar-refractivity contribution in [3.63, 3.8) is 0 Å². The van der Waals surface area contributed by atoms with Gasteiger partial charge in [0.25, 0.3) is 0 Å². The standard InChI is InChI=1S/C30H46O3/c1-18(2)19(3)8-9-20(4)24-10-11-25-23-17-28(32)27-16-22(33-21(5)31)12-14-30(27,7)26(23)13-15-29(24,25)6/h8-9,17-20,22,24-27H,10-16H2,1-7H3/b9-8+/t19-,20+,22-,24+,25+,26-,27-,29+,30+/m0/s1. The number of carbonyl (C=O) groups is 2. The van der Waals surface area contributed by atoms with Crippen LogP contribution in [0.25, 0.3) is 0 Å². The van der Waals surface area contributed by atoms with Crippen LogP contribution < -0.4 is 0 Å². The summed E-state index contributed by atoms with van der Waals surface area (Å²) in [6.45, 7) is 15.7. The molecule has 0 bridgehead atoms. The van der Waals surface area contributed by atoms with E-state index in [-0.39, 0.29) is 23.4 Å². The Morgan fingerprint density at radius 1 is 0.970 bits per heavy atom. The predicted octanol–water partition coefficient (Wildman–Crippen LogP) is 7.16. The number of allylic oxidation sites excluding steroid dienone is 4. The first-order chi connectivity index (χ1) is 15.5. The summed E-state index contributed by atoms with van der Waals surface area (Å²) in [7, 11) is 0. The molecule has 0 amide bonds. The molecule has 0 aliphatic heterocycles. The van der Waals surface area contributed by atoms with Gasteiger partial charge in [0, 0.05) is 12.8 Å². The van der Waals surface area contributed by atoms with E-state index in [0.29, 0.717) is 53.1 Å². The second-order valence-corrected chi connectivity index (χ2v) is 12.8. The normalized spacial score (nSPS) is 42.4. The molecule has 0 unspecified atom stereocenters. The maximum absolute atomic E-state index is 13.4. The summed E-state index contributed by atoms with van der Waals surface area (Å²) in [5.41, 5.74) is 1.80. The van der Waals surface area contributed by atoms with Crippen molar-refractivity contribution in [1.82, 2.24) is 0 Å². The number of ether oxygens (including phenoxy) is 1. The smallest absolute Gasteiger partial charge is 0.302 e. The van der Waals surface area contributed by atoms with Gasteiger partial charge in [0.2, 0.25) is 0 Å². The van der Waals surface area contributed by atoms with Crippen molar-refractivity contribution in [3.8, 4) is 0 Å². The van der Waals surface area contributed by atoms with Crippen LogP contribution in [0.4, 0.5) is 0 Å². The van der Waals surface area contributed by atoms with Crippen LogP contribution in [0.3, 0.4) is 0 Å². The summed E-state index contributed by atoms with van der Waals surface area (Å²) in [6, 6.07) is 0. The van der Waals surface area contributed by atoms with Crippen molar-refractivity contribution in [2.45, 2.75) is 99.5 Å². The maximum atomic E-state index is 13.4. The van der Waals surface area contributed by atoms with E-state index in [1.807, 2.05) is 0 Å². The zero-order chi connectivity index (χ0) is 24.1. The maximum Gasteiger partial charge on any atom is 0.302 e. The Morgan fingerprint density at radius 2 is 1.64 bits per heavy atom. The van der Waals surface area contributed by atoms with Crippen LogP contribution in [0.15, 0.2) is 23.8 Å². The highest BCUT2D eigenvalue weighted by molar-refractivity contribution is 5.94. The summed E-state index contributed by atoms with van der Waals surface area (Å²) >= 11 is 0. The third-order valence-corrected chi connectivity index (χ3v) is 10.7. The molecular weight excluding hydrogens is 408 g/mol. The number of hydrogen-bond donors (Lipinski definition) is 0. The third kappa shape index (κ3) is 4.27. The molecule has 0 radical (unpaired) electrons. The average molecular weight is 455 g/mol. The molecule has 0 heterocycles. The molecule has 3 saturated carbocycles. The molecule has 184 valence electrons. The molecular formula is C30H46O3. The highest BCUT2D eigenvalue weighted by Crippen LogP contribution is 2.66. The molecule has 3 nitrogen and oxygen atoms in total. The number of carbonyl (C=O) groups excluding carboxylic acids is 2. The molecule has 0 saturated heterocycles. The van der Waals surface area contributed by atoms with Crippen molar-refractivity contribution < 1.29 is 14.3 Å². The van der Waals surface area contributed by atoms with E-state index in [1.54, 1.807) is 0 Å². The van der Waals surface area contributed by atoms with E-state index in [4.69, 9.17) is 4.74 Å². The fourth-order valence-electron chi connectivity index (χ4n) is 8.28. The minimum atomic E-state index is -0.223.